The van der Waals surface area contributed by atoms with E-state index >= 15 is 0 Å². The number of hydrogen-bond acceptors (Lipinski definition) is 6. The van der Waals surface area contributed by atoms with E-state index in [2.05, 4.69) is 16.9 Å². The first-order valence-corrected chi connectivity index (χ1v) is 6.28. The summed E-state index contributed by atoms with van der Waals surface area (Å²) in [6, 6.07) is 0. The largest absolute Gasteiger partial charge is 0.383 e. The normalized spacial score (nSPS) is 10.1. The van der Waals surface area contributed by atoms with E-state index in [9.17, 15) is 4.79 Å². The van der Waals surface area contributed by atoms with Gasteiger partial charge in [0.1, 0.15) is 10.7 Å². The number of hydrogen-bond donors (Lipinski definition) is 2. The fourth-order valence-electron chi connectivity index (χ4n) is 1.37. The number of amides is 1. The van der Waals surface area contributed by atoms with Crippen LogP contribution in [0.25, 0.3) is 0 Å². The maximum Gasteiger partial charge on any atom is 0.268 e. The lowest BCUT2D eigenvalue weighted by Gasteiger charge is -2.19. The molecule has 1 amide bonds. The molecule has 0 spiro atoms. The van der Waals surface area contributed by atoms with E-state index in [4.69, 9.17) is 10.5 Å². The van der Waals surface area contributed by atoms with Crippen LogP contribution in [0.5, 0.6) is 0 Å². The highest BCUT2D eigenvalue weighted by molar-refractivity contribution is 7.18. The lowest BCUT2D eigenvalue weighted by atomic mass is 10.3. The number of nitrogens with one attached hydrogen (secondary N) is 1. The number of anilines is 2. The first-order chi connectivity index (χ1) is 8.63. The molecule has 0 aliphatic rings. The van der Waals surface area contributed by atoms with Crippen molar-refractivity contribution in [3.63, 3.8) is 0 Å². The molecule has 0 fully saturated rings. The van der Waals surface area contributed by atoms with E-state index in [-0.39, 0.29) is 11.7 Å². The van der Waals surface area contributed by atoms with E-state index in [1.165, 1.54) is 11.3 Å². The van der Waals surface area contributed by atoms with Crippen LogP contribution in [0.2, 0.25) is 0 Å². The van der Waals surface area contributed by atoms with Crippen molar-refractivity contribution in [1.29, 1.82) is 0 Å². The molecule has 7 heteroatoms. The molecule has 3 N–H and O–H groups in total. The van der Waals surface area contributed by atoms with Crippen LogP contribution in [0.15, 0.2) is 12.7 Å². The Balaban J connectivity index is 2.86. The van der Waals surface area contributed by atoms with Gasteiger partial charge in [-0.05, 0) is 0 Å². The van der Waals surface area contributed by atoms with Crippen LogP contribution < -0.4 is 11.1 Å². The number of ether oxygens (including phenoxy) is 1. The van der Waals surface area contributed by atoms with Gasteiger partial charge in [0.2, 0.25) is 0 Å². The molecule has 0 aliphatic heterocycles. The van der Waals surface area contributed by atoms with E-state index < -0.39 is 0 Å². The molecule has 0 unspecified atom stereocenters. The molecule has 100 valence electrons. The van der Waals surface area contributed by atoms with Crippen LogP contribution in [0, 0.1) is 0 Å². The van der Waals surface area contributed by atoms with E-state index in [0.29, 0.717) is 29.7 Å². The van der Waals surface area contributed by atoms with Gasteiger partial charge in [-0.2, -0.15) is 0 Å². The highest BCUT2D eigenvalue weighted by Crippen LogP contribution is 2.25. The molecule has 0 bridgehead atoms. The predicted molar refractivity (Wildman–Crippen MR) is 74.0 cm³/mol. The monoisotopic (exact) mass is 270 g/mol. The van der Waals surface area contributed by atoms with Crippen LogP contribution in [0.4, 0.5) is 10.9 Å². The zero-order valence-electron chi connectivity index (χ0n) is 10.6. The summed E-state index contributed by atoms with van der Waals surface area (Å²) in [6.45, 7) is 5.05. The number of carbonyl (C=O) groups excluding carboxylic acids is 1. The number of nitrogens with two attached hydrogens (primary N) is 1. The molecule has 18 heavy (non-hydrogen) atoms. The molecule has 0 atom stereocenters. The molecule has 0 aliphatic carbocycles. The Morgan fingerprint density at radius 1 is 1.72 bits per heavy atom. The van der Waals surface area contributed by atoms with Crippen molar-refractivity contribution < 1.29 is 9.53 Å². The summed E-state index contributed by atoms with van der Waals surface area (Å²) in [6.07, 6.45) is 1.67. The summed E-state index contributed by atoms with van der Waals surface area (Å²) in [5.74, 6) is 0.101. The van der Waals surface area contributed by atoms with Crippen molar-refractivity contribution >= 4 is 28.2 Å². The Morgan fingerprint density at radius 3 is 2.94 bits per heavy atom. The summed E-state index contributed by atoms with van der Waals surface area (Å²) in [5.41, 5.74) is 5.74. The van der Waals surface area contributed by atoms with E-state index in [1.54, 1.807) is 25.1 Å². The van der Waals surface area contributed by atoms with Gasteiger partial charge in [-0.15, -0.1) is 6.58 Å². The Hall–Kier alpha value is -1.60. The molecule has 0 aromatic carbocycles. The van der Waals surface area contributed by atoms with Gasteiger partial charge in [-0.3, -0.25) is 4.79 Å². The van der Waals surface area contributed by atoms with Crippen molar-refractivity contribution in [2.24, 2.45) is 0 Å². The third-order valence-electron chi connectivity index (χ3n) is 2.26. The zero-order valence-corrected chi connectivity index (χ0v) is 11.4. The molecular formula is C11H18N4O2S. The molecule has 0 saturated carbocycles. The average Bonchev–Trinajstić information content (AvgIpc) is 2.75. The smallest absolute Gasteiger partial charge is 0.268 e. The van der Waals surface area contributed by atoms with Gasteiger partial charge >= 0.3 is 0 Å². The summed E-state index contributed by atoms with van der Waals surface area (Å²) in [7, 11) is 3.33. The third kappa shape index (κ3) is 3.44. The van der Waals surface area contributed by atoms with Gasteiger partial charge in [0.15, 0.2) is 5.13 Å². The van der Waals surface area contributed by atoms with Crippen molar-refractivity contribution in [3.05, 3.63) is 17.5 Å². The Bertz CT molecular complexity index is 419. The van der Waals surface area contributed by atoms with E-state index in [0.717, 1.165) is 0 Å². The third-order valence-corrected chi connectivity index (χ3v) is 3.34. The minimum Gasteiger partial charge on any atom is -0.383 e. The summed E-state index contributed by atoms with van der Waals surface area (Å²) in [5, 5.41) is 3.50. The molecule has 6 nitrogen and oxygen atoms in total. The quantitative estimate of drug-likeness (QED) is 0.724. The number of rotatable bonds is 7. The fraction of sp³-hybridized carbons (Fsp3) is 0.455. The standard InChI is InChI=1S/C11H18N4O2S/c1-4-5-15(6-7-17-3)10(16)8-9(12)14-11(13-2)18-8/h4H,1,5-7,12H2,2-3H3,(H,13,14). The highest BCUT2D eigenvalue weighted by Gasteiger charge is 2.21. The molecule has 1 aromatic heterocycles. The van der Waals surface area contributed by atoms with Crippen LogP contribution in [-0.2, 0) is 4.74 Å². The molecule has 1 rings (SSSR count). The zero-order chi connectivity index (χ0) is 13.5. The van der Waals surface area contributed by atoms with Gasteiger partial charge < -0.3 is 20.7 Å². The predicted octanol–water partition coefficient (Wildman–Crippen LogP) is 1.04. The Morgan fingerprint density at radius 2 is 2.44 bits per heavy atom. The molecular weight excluding hydrogens is 252 g/mol. The minimum atomic E-state index is -0.150. The summed E-state index contributed by atoms with van der Waals surface area (Å²) in [4.78, 5) is 18.4. The van der Waals surface area contributed by atoms with Crippen LogP contribution >= 0.6 is 11.3 Å². The van der Waals surface area contributed by atoms with Crippen LogP contribution in [-0.4, -0.2) is 49.6 Å². The van der Waals surface area contributed by atoms with Crippen LogP contribution in [0.1, 0.15) is 9.67 Å². The number of nitrogens with zero attached hydrogens (tertiary/aromatic N) is 2. The minimum absolute atomic E-state index is 0.150. The lowest BCUT2D eigenvalue weighted by molar-refractivity contribution is 0.0723. The van der Waals surface area contributed by atoms with E-state index in [1.807, 2.05) is 0 Å². The first-order valence-electron chi connectivity index (χ1n) is 5.47. The molecule has 1 heterocycles. The Kier molecular flexibility index (Phi) is 5.60. The van der Waals surface area contributed by atoms with Gasteiger partial charge in [-0.1, -0.05) is 17.4 Å². The number of nitrogen functional groups attached to an aromatic ring is 1. The second-order valence-corrected chi connectivity index (χ2v) is 4.52. The maximum absolute atomic E-state index is 12.3. The number of methoxy groups -OCH3 is 1. The molecule has 0 radical (unpaired) electrons. The first kappa shape index (κ1) is 14.5. The van der Waals surface area contributed by atoms with Gasteiger partial charge in [0.25, 0.3) is 5.91 Å². The molecule has 0 saturated heterocycles. The second kappa shape index (κ2) is 6.97. The van der Waals surface area contributed by atoms with Gasteiger partial charge in [-0.25, -0.2) is 4.98 Å². The SMILES string of the molecule is C=CCN(CCOC)C(=O)c1sc(NC)nc1N. The second-order valence-electron chi connectivity index (χ2n) is 3.52. The average molecular weight is 270 g/mol. The number of aromatic nitrogens is 1. The Labute approximate surface area is 110 Å². The van der Waals surface area contributed by atoms with Crippen molar-refractivity contribution in [1.82, 2.24) is 9.88 Å². The highest BCUT2D eigenvalue weighted by atomic mass is 32.1. The lowest BCUT2D eigenvalue weighted by Crippen LogP contribution is -2.34. The van der Waals surface area contributed by atoms with Crippen molar-refractivity contribution in [2.45, 2.75) is 0 Å². The topological polar surface area (TPSA) is 80.5 Å². The van der Waals surface area contributed by atoms with Gasteiger partial charge in [0, 0.05) is 27.2 Å². The summed E-state index contributed by atoms with van der Waals surface area (Å²) < 4.78 is 4.98. The fourth-order valence-corrected chi connectivity index (χ4v) is 2.17. The number of carbonyl (C=O) groups is 1. The van der Waals surface area contributed by atoms with Gasteiger partial charge in [0.05, 0.1) is 6.61 Å². The molecule has 1 aromatic rings. The van der Waals surface area contributed by atoms with Crippen molar-refractivity contribution in [3.8, 4) is 0 Å². The number of thiazole rings is 1. The van der Waals surface area contributed by atoms with Crippen molar-refractivity contribution in [2.75, 3.05) is 44.9 Å². The van der Waals surface area contributed by atoms with Crippen LogP contribution in [0.3, 0.4) is 0 Å². The maximum atomic E-state index is 12.3. The summed E-state index contributed by atoms with van der Waals surface area (Å²) >= 11 is 1.24.